The van der Waals surface area contributed by atoms with Crippen LogP contribution in [0.4, 0.5) is 13.6 Å². The SMILES string of the molecule is CCOC(=O)C1=C(C)N(C)C(=O)N(C)C1c1ccc(OC(F)F)cc1. The maximum Gasteiger partial charge on any atom is 0.387 e. The van der Waals surface area contributed by atoms with Crippen molar-refractivity contribution in [2.75, 3.05) is 20.7 Å². The van der Waals surface area contributed by atoms with E-state index in [9.17, 15) is 18.4 Å². The molecule has 1 aliphatic rings. The van der Waals surface area contributed by atoms with Gasteiger partial charge in [-0.15, -0.1) is 0 Å². The molecule has 2 rings (SSSR count). The first-order valence-electron chi connectivity index (χ1n) is 7.71. The molecule has 1 aliphatic heterocycles. The Labute approximate surface area is 144 Å². The second-order valence-electron chi connectivity index (χ2n) is 5.52. The van der Waals surface area contributed by atoms with E-state index in [1.807, 2.05) is 0 Å². The van der Waals surface area contributed by atoms with Gasteiger partial charge in [0.1, 0.15) is 5.75 Å². The lowest BCUT2D eigenvalue weighted by atomic mass is 9.93. The third-order valence-corrected chi connectivity index (χ3v) is 4.06. The maximum absolute atomic E-state index is 12.4. The number of halogens is 2. The highest BCUT2D eigenvalue weighted by Gasteiger charge is 2.39. The number of ether oxygens (including phenoxy) is 2. The van der Waals surface area contributed by atoms with E-state index in [4.69, 9.17) is 4.74 Å². The van der Waals surface area contributed by atoms with E-state index in [1.54, 1.807) is 40.1 Å². The van der Waals surface area contributed by atoms with Gasteiger partial charge in [-0.2, -0.15) is 8.78 Å². The van der Waals surface area contributed by atoms with Gasteiger partial charge in [-0.05, 0) is 31.5 Å². The molecule has 1 unspecified atom stereocenters. The van der Waals surface area contributed by atoms with Crippen LogP contribution in [0.2, 0.25) is 0 Å². The van der Waals surface area contributed by atoms with Crippen LogP contribution in [0.1, 0.15) is 25.5 Å². The van der Waals surface area contributed by atoms with Crippen LogP contribution >= 0.6 is 0 Å². The first kappa shape index (κ1) is 18.7. The summed E-state index contributed by atoms with van der Waals surface area (Å²) in [6.45, 7) is 0.639. The van der Waals surface area contributed by atoms with Gasteiger partial charge in [0.05, 0.1) is 18.2 Å². The molecule has 1 atom stereocenters. The number of alkyl halides is 2. The van der Waals surface area contributed by atoms with Crippen LogP contribution in [0.15, 0.2) is 35.5 Å². The Morgan fingerprint density at radius 1 is 1.24 bits per heavy atom. The lowest BCUT2D eigenvalue weighted by Crippen LogP contribution is -2.47. The van der Waals surface area contributed by atoms with E-state index in [0.717, 1.165) is 0 Å². The standard InChI is InChI=1S/C17H20F2N2O4/c1-5-24-15(22)13-10(2)20(3)17(23)21(4)14(13)11-6-8-12(9-7-11)25-16(18)19/h6-9,14,16H,5H2,1-4H3. The van der Waals surface area contributed by atoms with Gasteiger partial charge in [-0.1, -0.05) is 12.1 Å². The minimum absolute atomic E-state index is 0.000886. The van der Waals surface area contributed by atoms with Gasteiger partial charge in [0.15, 0.2) is 0 Å². The van der Waals surface area contributed by atoms with Crippen molar-refractivity contribution in [2.45, 2.75) is 26.5 Å². The molecular weight excluding hydrogens is 334 g/mol. The monoisotopic (exact) mass is 354 g/mol. The largest absolute Gasteiger partial charge is 0.463 e. The second kappa shape index (κ2) is 7.50. The molecule has 6 nitrogen and oxygen atoms in total. The summed E-state index contributed by atoms with van der Waals surface area (Å²) in [7, 11) is 3.14. The molecule has 0 aliphatic carbocycles. The molecule has 1 aromatic rings. The van der Waals surface area contributed by atoms with Crippen molar-refractivity contribution < 1.29 is 27.8 Å². The lowest BCUT2D eigenvalue weighted by Gasteiger charge is -2.39. The predicted molar refractivity (Wildman–Crippen MR) is 86.1 cm³/mol. The number of likely N-dealkylation sites (N-methyl/N-ethyl adjacent to an activating group) is 1. The van der Waals surface area contributed by atoms with Gasteiger partial charge < -0.3 is 19.3 Å². The topological polar surface area (TPSA) is 59.1 Å². The van der Waals surface area contributed by atoms with Crippen LogP contribution in [-0.4, -0.2) is 49.1 Å². The van der Waals surface area contributed by atoms with Crippen LogP contribution in [0.25, 0.3) is 0 Å². The number of hydrogen-bond acceptors (Lipinski definition) is 4. The third-order valence-electron chi connectivity index (χ3n) is 4.06. The zero-order valence-corrected chi connectivity index (χ0v) is 14.5. The number of carbonyl (C=O) groups excluding carboxylic acids is 2. The summed E-state index contributed by atoms with van der Waals surface area (Å²) >= 11 is 0. The Morgan fingerprint density at radius 3 is 2.36 bits per heavy atom. The van der Waals surface area contributed by atoms with Crippen molar-refractivity contribution in [1.29, 1.82) is 0 Å². The van der Waals surface area contributed by atoms with Crippen molar-refractivity contribution >= 4 is 12.0 Å². The molecule has 0 saturated carbocycles. The van der Waals surface area contributed by atoms with Crippen molar-refractivity contribution in [3.63, 3.8) is 0 Å². The molecule has 2 amide bonds. The molecule has 1 heterocycles. The minimum atomic E-state index is -2.92. The number of benzene rings is 1. The molecule has 0 radical (unpaired) electrons. The summed E-state index contributed by atoms with van der Waals surface area (Å²) < 4.78 is 34.0. The van der Waals surface area contributed by atoms with E-state index in [1.165, 1.54) is 21.9 Å². The number of hydrogen-bond donors (Lipinski definition) is 0. The van der Waals surface area contributed by atoms with Gasteiger partial charge in [0.25, 0.3) is 0 Å². The van der Waals surface area contributed by atoms with E-state index < -0.39 is 18.6 Å². The van der Waals surface area contributed by atoms with Crippen molar-refractivity contribution in [3.05, 3.63) is 41.1 Å². The molecule has 1 aromatic carbocycles. The zero-order chi connectivity index (χ0) is 18.7. The molecule has 0 N–H and O–H groups in total. The molecule has 0 aromatic heterocycles. The Kier molecular flexibility index (Phi) is 5.61. The van der Waals surface area contributed by atoms with Gasteiger partial charge in [-0.25, -0.2) is 9.59 Å². The third kappa shape index (κ3) is 3.72. The first-order valence-corrected chi connectivity index (χ1v) is 7.71. The summed E-state index contributed by atoms with van der Waals surface area (Å²) in [6, 6.07) is 4.87. The number of allylic oxidation sites excluding steroid dienone is 1. The van der Waals surface area contributed by atoms with Crippen LogP contribution in [-0.2, 0) is 9.53 Å². The molecule has 8 heteroatoms. The van der Waals surface area contributed by atoms with Crippen molar-refractivity contribution in [1.82, 2.24) is 9.80 Å². The quantitative estimate of drug-likeness (QED) is 0.762. The van der Waals surface area contributed by atoms with Crippen LogP contribution in [0.3, 0.4) is 0 Å². The van der Waals surface area contributed by atoms with Crippen LogP contribution < -0.4 is 4.74 Å². The Hall–Kier alpha value is -2.64. The van der Waals surface area contributed by atoms with E-state index in [0.29, 0.717) is 16.8 Å². The average Bonchev–Trinajstić information content (AvgIpc) is 2.56. The Bertz CT molecular complexity index is 688. The fourth-order valence-corrected chi connectivity index (χ4v) is 2.75. The highest BCUT2D eigenvalue weighted by molar-refractivity contribution is 5.94. The fourth-order valence-electron chi connectivity index (χ4n) is 2.75. The van der Waals surface area contributed by atoms with E-state index >= 15 is 0 Å². The summed E-state index contributed by atoms with van der Waals surface area (Å²) in [5, 5.41) is 0. The van der Waals surface area contributed by atoms with Gasteiger partial charge in [0, 0.05) is 19.8 Å². The summed E-state index contributed by atoms with van der Waals surface area (Å²) in [6.07, 6.45) is 0. The normalized spacial score (nSPS) is 18.0. The second-order valence-corrected chi connectivity index (χ2v) is 5.52. The van der Waals surface area contributed by atoms with Crippen molar-refractivity contribution in [3.8, 4) is 5.75 Å². The molecule has 0 spiro atoms. The predicted octanol–water partition coefficient (Wildman–Crippen LogP) is 3.16. The van der Waals surface area contributed by atoms with Gasteiger partial charge in [0.2, 0.25) is 0 Å². The number of esters is 1. The van der Waals surface area contributed by atoms with E-state index in [-0.39, 0.29) is 18.4 Å². The smallest absolute Gasteiger partial charge is 0.387 e. The molecule has 0 fully saturated rings. The number of urea groups is 1. The first-order chi connectivity index (χ1) is 11.8. The molecule has 136 valence electrons. The zero-order valence-electron chi connectivity index (χ0n) is 14.5. The Morgan fingerprint density at radius 2 is 1.84 bits per heavy atom. The number of carbonyl (C=O) groups is 2. The number of amides is 2. The van der Waals surface area contributed by atoms with E-state index in [2.05, 4.69) is 4.74 Å². The highest BCUT2D eigenvalue weighted by atomic mass is 19.3. The number of nitrogens with zero attached hydrogens (tertiary/aromatic N) is 2. The summed E-state index contributed by atoms with van der Waals surface area (Å²) in [5.74, 6) is -0.525. The summed E-state index contributed by atoms with van der Waals surface area (Å²) in [5.41, 5.74) is 1.40. The Balaban J connectivity index is 2.47. The highest BCUT2D eigenvalue weighted by Crippen LogP contribution is 2.36. The lowest BCUT2D eigenvalue weighted by molar-refractivity contribution is -0.139. The minimum Gasteiger partial charge on any atom is -0.463 e. The maximum atomic E-state index is 12.4. The van der Waals surface area contributed by atoms with Gasteiger partial charge in [-0.3, -0.25) is 0 Å². The van der Waals surface area contributed by atoms with Crippen LogP contribution in [0, 0.1) is 0 Å². The van der Waals surface area contributed by atoms with Gasteiger partial charge >= 0.3 is 18.6 Å². The molecular formula is C17H20F2N2O4. The fraction of sp³-hybridized carbons (Fsp3) is 0.412. The molecule has 0 saturated heterocycles. The molecule has 0 bridgehead atoms. The summed E-state index contributed by atoms with van der Waals surface area (Å²) in [4.78, 5) is 27.6. The molecule has 25 heavy (non-hydrogen) atoms. The van der Waals surface area contributed by atoms with Crippen LogP contribution in [0.5, 0.6) is 5.75 Å². The van der Waals surface area contributed by atoms with Crippen molar-refractivity contribution in [2.24, 2.45) is 0 Å². The number of rotatable bonds is 5. The average molecular weight is 354 g/mol.